The maximum atomic E-state index is 13.4. The van der Waals surface area contributed by atoms with E-state index in [4.69, 9.17) is 0 Å². The monoisotopic (exact) mass is 245 g/mol. The Kier molecular flexibility index (Phi) is 4.00. The number of benzene rings is 1. The highest BCUT2D eigenvalue weighted by Gasteiger charge is 2.19. The normalized spacial score (nSPS) is 10.0. The van der Waals surface area contributed by atoms with Gasteiger partial charge >= 0.3 is 0 Å². The molecule has 1 rings (SSSR count). The van der Waals surface area contributed by atoms with Crippen molar-refractivity contribution in [3.05, 3.63) is 34.9 Å². The summed E-state index contributed by atoms with van der Waals surface area (Å²) in [6.07, 6.45) is 1.55. The van der Waals surface area contributed by atoms with Gasteiger partial charge in [-0.25, -0.2) is 8.78 Å². The van der Waals surface area contributed by atoms with Crippen molar-refractivity contribution in [1.82, 2.24) is 4.72 Å². The molecule has 16 heavy (non-hydrogen) atoms. The zero-order chi connectivity index (χ0) is 12.3. The fourth-order valence-corrected chi connectivity index (χ4v) is 1.42. The molecular weight excluding hydrogens is 236 g/mol. The second-order valence-corrected chi connectivity index (χ2v) is 3.62. The van der Waals surface area contributed by atoms with Crippen LogP contribution in [0, 0.1) is 11.6 Å². The number of nitrogens with one attached hydrogen (secondary N) is 1. The number of carbonyl (C=O) groups is 2. The standard InChI is InChI=1S/C10H9F2NO2S/c1-5(14)6-3-7(11)9(8(12)4-6)10(15)13-16-2/h3-4H,1-2H3,(H,13,15). The van der Waals surface area contributed by atoms with Gasteiger partial charge in [0.05, 0.1) is 0 Å². The third kappa shape index (κ3) is 2.57. The Bertz CT molecular complexity index is 425. The topological polar surface area (TPSA) is 46.2 Å². The van der Waals surface area contributed by atoms with Crippen LogP contribution in [-0.2, 0) is 0 Å². The minimum atomic E-state index is -1.04. The van der Waals surface area contributed by atoms with Crippen LogP contribution in [0.2, 0.25) is 0 Å². The van der Waals surface area contributed by atoms with Crippen molar-refractivity contribution in [2.45, 2.75) is 6.92 Å². The molecular formula is C10H9F2NO2S. The molecule has 86 valence electrons. The molecule has 0 aliphatic rings. The fourth-order valence-electron chi connectivity index (χ4n) is 1.14. The summed E-state index contributed by atoms with van der Waals surface area (Å²) in [4.78, 5) is 22.2. The maximum absolute atomic E-state index is 13.4. The summed E-state index contributed by atoms with van der Waals surface area (Å²) >= 11 is 0.933. The Labute approximate surface area is 95.4 Å². The average Bonchev–Trinajstić information content (AvgIpc) is 2.16. The third-order valence-corrected chi connectivity index (χ3v) is 2.26. The van der Waals surface area contributed by atoms with Gasteiger partial charge in [0, 0.05) is 11.8 Å². The number of halogens is 2. The highest BCUT2D eigenvalue weighted by Crippen LogP contribution is 2.16. The van der Waals surface area contributed by atoms with E-state index < -0.39 is 28.9 Å². The number of hydrogen-bond donors (Lipinski definition) is 1. The number of hydrogen-bond acceptors (Lipinski definition) is 3. The fraction of sp³-hybridized carbons (Fsp3) is 0.200. The van der Waals surface area contributed by atoms with Crippen LogP contribution < -0.4 is 4.72 Å². The van der Waals surface area contributed by atoms with Gasteiger partial charge in [-0.3, -0.25) is 14.3 Å². The summed E-state index contributed by atoms with van der Waals surface area (Å²) in [6.45, 7) is 1.19. The van der Waals surface area contributed by atoms with E-state index in [1.54, 1.807) is 6.26 Å². The molecule has 0 bridgehead atoms. The zero-order valence-corrected chi connectivity index (χ0v) is 9.45. The van der Waals surface area contributed by atoms with Crippen LogP contribution in [-0.4, -0.2) is 17.9 Å². The van der Waals surface area contributed by atoms with Crippen LogP contribution >= 0.6 is 11.9 Å². The molecule has 1 aromatic rings. The summed E-state index contributed by atoms with van der Waals surface area (Å²) < 4.78 is 29.0. The van der Waals surface area contributed by atoms with Crippen LogP contribution in [0.5, 0.6) is 0 Å². The van der Waals surface area contributed by atoms with Crippen molar-refractivity contribution in [2.75, 3.05) is 6.26 Å². The molecule has 0 radical (unpaired) electrons. The lowest BCUT2D eigenvalue weighted by atomic mass is 10.1. The Morgan fingerprint density at radius 3 is 2.12 bits per heavy atom. The van der Waals surface area contributed by atoms with Gasteiger partial charge in [-0.2, -0.15) is 0 Å². The van der Waals surface area contributed by atoms with E-state index in [0.29, 0.717) is 0 Å². The Morgan fingerprint density at radius 1 is 1.25 bits per heavy atom. The van der Waals surface area contributed by atoms with Gasteiger partial charge in [0.1, 0.15) is 17.2 Å². The van der Waals surface area contributed by atoms with Crippen LogP contribution in [0.3, 0.4) is 0 Å². The first-order valence-corrected chi connectivity index (χ1v) is 5.53. The highest BCUT2D eigenvalue weighted by atomic mass is 32.2. The van der Waals surface area contributed by atoms with Crippen molar-refractivity contribution in [2.24, 2.45) is 0 Å². The van der Waals surface area contributed by atoms with Crippen molar-refractivity contribution in [3.8, 4) is 0 Å². The lowest BCUT2D eigenvalue weighted by molar-refractivity contribution is 0.0971. The minimum absolute atomic E-state index is 0.101. The van der Waals surface area contributed by atoms with Crippen molar-refractivity contribution >= 4 is 23.6 Å². The molecule has 0 aliphatic carbocycles. The molecule has 0 heterocycles. The van der Waals surface area contributed by atoms with E-state index in [9.17, 15) is 18.4 Å². The number of carbonyl (C=O) groups excluding carboxylic acids is 2. The van der Waals surface area contributed by atoms with Crippen LogP contribution in [0.25, 0.3) is 0 Å². The summed E-state index contributed by atoms with van der Waals surface area (Å²) in [5, 5.41) is 0. The maximum Gasteiger partial charge on any atom is 0.267 e. The van der Waals surface area contributed by atoms with E-state index in [0.717, 1.165) is 24.1 Å². The van der Waals surface area contributed by atoms with Gasteiger partial charge in [-0.15, -0.1) is 0 Å². The number of amides is 1. The number of Topliss-reactive ketones (excluding diaryl/α,β-unsaturated/α-hetero) is 1. The van der Waals surface area contributed by atoms with Crippen LogP contribution in [0.4, 0.5) is 8.78 Å². The minimum Gasteiger partial charge on any atom is -0.296 e. The third-order valence-electron chi connectivity index (χ3n) is 1.87. The first-order chi connectivity index (χ1) is 7.47. The Morgan fingerprint density at radius 2 is 1.75 bits per heavy atom. The molecule has 0 fully saturated rings. The highest BCUT2D eigenvalue weighted by molar-refractivity contribution is 7.97. The van der Waals surface area contributed by atoms with E-state index in [1.807, 2.05) is 0 Å². The summed E-state index contributed by atoms with van der Waals surface area (Å²) in [5.41, 5.74) is -0.782. The molecule has 0 saturated carbocycles. The lowest BCUT2D eigenvalue weighted by Gasteiger charge is -2.05. The summed E-state index contributed by atoms with van der Waals surface area (Å²) in [7, 11) is 0. The van der Waals surface area contributed by atoms with Crippen molar-refractivity contribution < 1.29 is 18.4 Å². The molecule has 0 spiro atoms. The molecule has 3 nitrogen and oxygen atoms in total. The molecule has 0 unspecified atom stereocenters. The van der Waals surface area contributed by atoms with E-state index in [2.05, 4.69) is 4.72 Å². The van der Waals surface area contributed by atoms with Gasteiger partial charge in [-0.05, 0) is 19.1 Å². The first kappa shape index (κ1) is 12.6. The van der Waals surface area contributed by atoms with Gasteiger partial charge in [0.15, 0.2) is 5.78 Å². The molecule has 1 aromatic carbocycles. The SMILES string of the molecule is CSNC(=O)c1c(F)cc(C(C)=O)cc1F. The Hall–Kier alpha value is -1.43. The van der Waals surface area contributed by atoms with Gasteiger partial charge in [0.25, 0.3) is 5.91 Å². The predicted molar refractivity (Wildman–Crippen MR) is 57.3 cm³/mol. The van der Waals surface area contributed by atoms with E-state index in [1.165, 1.54) is 6.92 Å². The molecule has 0 aliphatic heterocycles. The van der Waals surface area contributed by atoms with E-state index >= 15 is 0 Å². The smallest absolute Gasteiger partial charge is 0.267 e. The average molecular weight is 245 g/mol. The summed E-state index contributed by atoms with van der Waals surface area (Å²) in [5.74, 6) is -3.42. The first-order valence-electron chi connectivity index (χ1n) is 4.30. The predicted octanol–water partition coefficient (Wildman–Crippen LogP) is 2.18. The van der Waals surface area contributed by atoms with Crippen molar-refractivity contribution in [3.63, 3.8) is 0 Å². The molecule has 6 heteroatoms. The van der Waals surface area contributed by atoms with Crippen LogP contribution in [0.15, 0.2) is 12.1 Å². The van der Waals surface area contributed by atoms with Gasteiger partial charge in [0.2, 0.25) is 0 Å². The van der Waals surface area contributed by atoms with Crippen LogP contribution in [0.1, 0.15) is 27.6 Å². The van der Waals surface area contributed by atoms with E-state index in [-0.39, 0.29) is 5.56 Å². The van der Waals surface area contributed by atoms with Crippen molar-refractivity contribution in [1.29, 1.82) is 0 Å². The molecule has 0 atom stereocenters. The Balaban J connectivity index is 3.22. The quantitative estimate of drug-likeness (QED) is 0.655. The lowest BCUT2D eigenvalue weighted by Crippen LogP contribution is -2.19. The second-order valence-electron chi connectivity index (χ2n) is 3.01. The number of ketones is 1. The molecule has 0 saturated heterocycles. The van der Waals surface area contributed by atoms with Gasteiger partial charge < -0.3 is 0 Å². The zero-order valence-electron chi connectivity index (χ0n) is 8.64. The molecule has 0 aromatic heterocycles. The molecule has 1 amide bonds. The summed E-state index contributed by atoms with van der Waals surface area (Å²) in [6, 6.07) is 1.70. The molecule has 1 N–H and O–H groups in total. The largest absolute Gasteiger partial charge is 0.296 e. The van der Waals surface area contributed by atoms with Gasteiger partial charge in [-0.1, -0.05) is 11.9 Å². The number of rotatable bonds is 3. The second kappa shape index (κ2) is 5.07.